The fourth-order valence-corrected chi connectivity index (χ4v) is 5.39. The van der Waals surface area contributed by atoms with Gasteiger partial charge in [0.2, 0.25) is 0 Å². The fraction of sp³-hybridized carbons (Fsp3) is 0.414. The summed E-state index contributed by atoms with van der Waals surface area (Å²) in [6.07, 6.45) is 2.25. The minimum Gasteiger partial charge on any atom is -0.497 e. The van der Waals surface area contributed by atoms with Crippen molar-refractivity contribution < 1.29 is 33.0 Å². The summed E-state index contributed by atoms with van der Waals surface area (Å²) in [5, 5.41) is 17.5. The molecule has 0 aliphatic carbocycles. The molecule has 1 atom stereocenters. The summed E-state index contributed by atoms with van der Waals surface area (Å²) >= 11 is 5.98. The molecule has 1 saturated heterocycles. The van der Waals surface area contributed by atoms with Crippen LogP contribution in [0.5, 0.6) is 11.5 Å². The van der Waals surface area contributed by atoms with Gasteiger partial charge in [0.25, 0.3) is 5.91 Å². The zero-order valence-corrected chi connectivity index (χ0v) is 23.8. The first kappa shape index (κ1) is 30.3. The second-order valence-corrected chi connectivity index (χ2v) is 10.7. The second kappa shape index (κ2) is 12.9. The number of halogens is 3. The lowest BCUT2D eigenvalue weighted by molar-refractivity contribution is -0.140. The Kier molecular flexibility index (Phi) is 9.49. The minimum atomic E-state index is -3.10. The summed E-state index contributed by atoms with van der Waals surface area (Å²) in [6, 6.07) is 12.9. The van der Waals surface area contributed by atoms with E-state index in [1.165, 1.54) is 25.3 Å². The number of carboxylic acids is 1. The molecule has 0 spiro atoms. The molecule has 9 nitrogen and oxygen atoms in total. The van der Waals surface area contributed by atoms with E-state index in [9.17, 15) is 23.5 Å². The van der Waals surface area contributed by atoms with Gasteiger partial charge in [-0.3, -0.25) is 14.3 Å². The highest BCUT2D eigenvalue weighted by Crippen LogP contribution is 2.37. The lowest BCUT2D eigenvalue weighted by Gasteiger charge is -2.42. The van der Waals surface area contributed by atoms with Crippen molar-refractivity contribution in [2.24, 2.45) is 0 Å². The first-order valence-corrected chi connectivity index (χ1v) is 13.6. The van der Waals surface area contributed by atoms with Gasteiger partial charge in [0.1, 0.15) is 11.3 Å². The van der Waals surface area contributed by atoms with E-state index in [0.717, 1.165) is 5.69 Å². The van der Waals surface area contributed by atoms with Gasteiger partial charge in [-0.2, -0.15) is 13.9 Å². The maximum absolute atomic E-state index is 14.0. The third kappa shape index (κ3) is 6.79. The number of hydrogen-bond donors (Lipinski definition) is 2. The second-order valence-electron chi connectivity index (χ2n) is 10.3. The largest absolute Gasteiger partial charge is 0.497 e. The number of carbonyl (C=O) groups excluding carboxylic acids is 1. The van der Waals surface area contributed by atoms with E-state index in [0.29, 0.717) is 37.2 Å². The summed E-state index contributed by atoms with van der Waals surface area (Å²) in [4.78, 5) is 28.3. The number of carbonyl (C=O) groups is 2. The van der Waals surface area contributed by atoms with Gasteiger partial charge in [-0.15, -0.1) is 0 Å². The van der Waals surface area contributed by atoms with Crippen LogP contribution in [0.4, 0.5) is 14.5 Å². The number of nitrogens with one attached hydrogen (secondary N) is 1. The van der Waals surface area contributed by atoms with Crippen molar-refractivity contribution in [3.63, 3.8) is 0 Å². The Morgan fingerprint density at radius 1 is 1.15 bits per heavy atom. The Labute approximate surface area is 242 Å². The highest BCUT2D eigenvalue weighted by Gasteiger charge is 2.46. The van der Waals surface area contributed by atoms with E-state index in [-0.39, 0.29) is 28.9 Å². The van der Waals surface area contributed by atoms with Gasteiger partial charge in [-0.05, 0) is 54.7 Å². The highest BCUT2D eigenvalue weighted by atomic mass is 35.5. The van der Waals surface area contributed by atoms with Crippen LogP contribution in [-0.2, 0) is 15.1 Å². The van der Waals surface area contributed by atoms with Gasteiger partial charge < -0.3 is 24.8 Å². The molecular weight excluding hydrogens is 558 g/mol. The molecule has 1 amide bonds. The van der Waals surface area contributed by atoms with Gasteiger partial charge in [0, 0.05) is 42.6 Å². The summed E-state index contributed by atoms with van der Waals surface area (Å²) < 4.78 is 37.8. The number of carboxylic acid groups (broad SMARTS) is 1. The molecule has 1 aliphatic rings. The normalized spacial score (nSPS) is 16.0. The summed E-state index contributed by atoms with van der Waals surface area (Å²) in [7, 11) is 1.53. The van der Waals surface area contributed by atoms with E-state index < -0.39 is 29.9 Å². The van der Waals surface area contributed by atoms with Crippen molar-refractivity contribution in [1.29, 1.82) is 0 Å². The van der Waals surface area contributed by atoms with Gasteiger partial charge in [-0.25, -0.2) is 0 Å². The number of benzene rings is 2. The fourth-order valence-electron chi connectivity index (χ4n) is 5.22. The van der Waals surface area contributed by atoms with Crippen LogP contribution in [0.2, 0.25) is 5.02 Å². The molecule has 3 aromatic rings. The van der Waals surface area contributed by atoms with Crippen LogP contribution in [0.15, 0.2) is 54.7 Å². The number of methoxy groups -OCH3 is 1. The number of rotatable bonds is 11. The van der Waals surface area contributed by atoms with E-state index in [4.69, 9.17) is 16.3 Å². The number of nitrogens with zero attached hydrogens (tertiary/aromatic N) is 3. The molecule has 2 N–H and O–H groups in total. The average Bonchev–Trinajstić information content (AvgIpc) is 3.44. The van der Waals surface area contributed by atoms with Crippen molar-refractivity contribution >= 4 is 29.2 Å². The first-order chi connectivity index (χ1) is 19.5. The predicted molar refractivity (Wildman–Crippen MR) is 150 cm³/mol. The van der Waals surface area contributed by atoms with Crippen molar-refractivity contribution in [1.82, 2.24) is 14.7 Å². The van der Waals surface area contributed by atoms with Crippen LogP contribution >= 0.6 is 11.6 Å². The number of aliphatic carboxylic acids is 1. The van der Waals surface area contributed by atoms with Crippen molar-refractivity contribution in [3.8, 4) is 11.5 Å². The van der Waals surface area contributed by atoms with Crippen LogP contribution in [0.1, 0.15) is 49.8 Å². The number of amides is 1. The molecule has 0 saturated carbocycles. The van der Waals surface area contributed by atoms with Crippen molar-refractivity contribution in [2.45, 2.75) is 50.7 Å². The molecule has 1 fully saturated rings. The predicted octanol–water partition coefficient (Wildman–Crippen LogP) is 5.57. The lowest BCUT2D eigenvalue weighted by Crippen LogP contribution is -2.54. The molecular formula is C29H33ClF2N4O5. The van der Waals surface area contributed by atoms with Gasteiger partial charge >= 0.3 is 12.6 Å². The van der Waals surface area contributed by atoms with E-state index in [1.54, 1.807) is 35.1 Å². The Bertz CT molecular complexity index is 1370. The lowest BCUT2D eigenvalue weighted by atomic mass is 9.84. The molecule has 0 unspecified atom stereocenters. The molecule has 0 bridgehead atoms. The quantitative estimate of drug-likeness (QED) is 0.301. The standard InChI is InChI=1S/C29H33ClF2N4O5/c1-18(2)24-9-12-33-36(24)29(27(39)34-23-8-7-20(30)16-25(23)41-28(31)32)10-13-35(14-11-29)17-22(26(37)38)19-5-4-6-21(15-19)40-3/h4-9,12,15-16,18,22,28H,10-11,13-14,17H2,1-3H3,(H,34,39)(H,37,38)/t22-/m1/s1. The van der Waals surface area contributed by atoms with Crippen LogP contribution in [0.25, 0.3) is 0 Å². The van der Waals surface area contributed by atoms with E-state index in [2.05, 4.69) is 15.2 Å². The van der Waals surface area contributed by atoms with Crippen LogP contribution in [0.3, 0.4) is 0 Å². The Hall–Kier alpha value is -3.70. The summed E-state index contributed by atoms with van der Waals surface area (Å²) in [5.41, 5.74) is 0.364. The third-order valence-corrected chi connectivity index (χ3v) is 7.65. The molecule has 2 heterocycles. The topological polar surface area (TPSA) is 106 Å². The monoisotopic (exact) mass is 590 g/mol. The highest BCUT2D eigenvalue weighted by molar-refractivity contribution is 6.30. The number of piperidine rings is 1. The number of likely N-dealkylation sites (tertiary alicyclic amines) is 1. The summed E-state index contributed by atoms with van der Waals surface area (Å²) in [6.45, 7) is 1.92. The zero-order chi connectivity index (χ0) is 29.7. The van der Waals surface area contributed by atoms with Crippen molar-refractivity contribution in [2.75, 3.05) is 32.1 Å². The average molecular weight is 591 g/mol. The zero-order valence-electron chi connectivity index (χ0n) is 23.0. The molecule has 1 aliphatic heterocycles. The molecule has 1 aromatic heterocycles. The van der Waals surface area contributed by atoms with Crippen LogP contribution in [-0.4, -0.2) is 65.0 Å². The molecule has 41 heavy (non-hydrogen) atoms. The number of hydrogen-bond acceptors (Lipinski definition) is 6. The SMILES string of the molecule is COc1cccc([C@@H](CN2CCC(C(=O)Nc3ccc(Cl)cc3OC(F)F)(n3nccc3C(C)C)CC2)C(=O)O)c1. The van der Waals surface area contributed by atoms with Gasteiger partial charge in [-0.1, -0.05) is 37.6 Å². The van der Waals surface area contributed by atoms with Gasteiger partial charge in [0.15, 0.2) is 5.75 Å². The van der Waals surface area contributed by atoms with E-state index in [1.807, 2.05) is 24.8 Å². The maximum atomic E-state index is 14.0. The molecule has 4 rings (SSSR count). The van der Waals surface area contributed by atoms with Crippen LogP contribution in [0, 0.1) is 0 Å². The molecule has 0 radical (unpaired) electrons. The number of alkyl halides is 2. The minimum absolute atomic E-state index is 0.0536. The first-order valence-electron chi connectivity index (χ1n) is 13.2. The Morgan fingerprint density at radius 3 is 2.51 bits per heavy atom. The smallest absolute Gasteiger partial charge is 0.387 e. The molecule has 2 aromatic carbocycles. The number of ether oxygens (including phenoxy) is 2. The Morgan fingerprint density at radius 2 is 1.88 bits per heavy atom. The molecule has 12 heteroatoms. The summed E-state index contributed by atoms with van der Waals surface area (Å²) in [5.74, 6) is -1.83. The van der Waals surface area contributed by atoms with E-state index >= 15 is 0 Å². The van der Waals surface area contributed by atoms with Gasteiger partial charge in [0.05, 0.1) is 18.7 Å². The third-order valence-electron chi connectivity index (χ3n) is 7.42. The van der Waals surface area contributed by atoms with Crippen LogP contribution < -0.4 is 14.8 Å². The van der Waals surface area contributed by atoms with Crippen molar-refractivity contribution in [3.05, 3.63) is 71.0 Å². The Balaban J connectivity index is 1.61. The number of aromatic nitrogens is 2. The maximum Gasteiger partial charge on any atom is 0.387 e. The molecule has 220 valence electrons. The number of anilines is 1.